The van der Waals surface area contributed by atoms with E-state index in [1.54, 1.807) is 0 Å². The van der Waals surface area contributed by atoms with Gasteiger partial charge in [-0.15, -0.1) is 0 Å². The van der Waals surface area contributed by atoms with Crippen molar-refractivity contribution in [3.05, 3.63) is 42.9 Å². The number of nitrogens with one attached hydrogen (secondary N) is 1. The van der Waals surface area contributed by atoms with E-state index in [0.29, 0.717) is 6.42 Å². The summed E-state index contributed by atoms with van der Waals surface area (Å²) in [7, 11) is 3.25. The molecule has 0 saturated carbocycles. The van der Waals surface area contributed by atoms with Gasteiger partial charge >= 0.3 is 6.09 Å². The van der Waals surface area contributed by atoms with Crippen molar-refractivity contribution in [2.24, 2.45) is 0 Å². The molecule has 1 aromatic rings. The highest BCUT2D eigenvalue weighted by Crippen LogP contribution is 2.16. The maximum Gasteiger partial charge on any atom is 0.407 e. The number of hydrogen-bond acceptors (Lipinski definition) is 2. The summed E-state index contributed by atoms with van der Waals surface area (Å²) >= 11 is 0. The summed E-state index contributed by atoms with van der Waals surface area (Å²) in [5.41, 5.74) is 0.614. The number of amides is 1. The Kier molecular flexibility index (Phi) is 3.72. The van der Waals surface area contributed by atoms with Crippen molar-refractivity contribution in [2.75, 3.05) is 0 Å². The third-order valence-electron chi connectivity index (χ3n) is 1.99. The maximum atomic E-state index is 11.0. The molecule has 3 nitrogen and oxygen atoms in total. The molecule has 0 aliphatic carbocycles. The topological polar surface area (TPSA) is 38.3 Å². The Bertz CT molecular complexity index is 320. The van der Waals surface area contributed by atoms with Gasteiger partial charge in [-0.3, -0.25) is 0 Å². The summed E-state index contributed by atoms with van der Waals surface area (Å²) in [5.74, 6) is 0. The number of benzene rings is 1. The van der Waals surface area contributed by atoms with Crippen LogP contribution in [0.15, 0.2) is 30.3 Å². The lowest BCUT2D eigenvalue weighted by Crippen LogP contribution is -2.34. The zero-order valence-corrected chi connectivity index (χ0v) is 9.12. The van der Waals surface area contributed by atoms with Gasteiger partial charge in [0.1, 0.15) is 5.60 Å². The fraction of sp³-hybridized carbons (Fsp3) is 0.333. The second-order valence-corrected chi connectivity index (χ2v) is 3.99. The fourth-order valence-electron chi connectivity index (χ4n) is 1.41. The van der Waals surface area contributed by atoms with Gasteiger partial charge in [-0.25, -0.2) is 4.79 Å². The molecule has 1 rings (SSSR count). The summed E-state index contributed by atoms with van der Waals surface area (Å²) in [4.78, 5) is 11.0. The molecule has 0 fully saturated rings. The number of alkyl carbamates (subject to hydrolysis) is 1. The zero-order valence-electron chi connectivity index (χ0n) is 9.12. The Hall–Kier alpha value is -1.51. The van der Waals surface area contributed by atoms with E-state index >= 15 is 0 Å². The van der Waals surface area contributed by atoms with Gasteiger partial charge in [-0.1, -0.05) is 30.3 Å². The molecule has 0 atom stereocenters. The predicted molar refractivity (Wildman–Crippen MR) is 59.2 cm³/mol. The van der Waals surface area contributed by atoms with Gasteiger partial charge in [0.05, 0.1) is 0 Å². The molecule has 1 N–H and O–H groups in total. The first-order chi connectivity index (χ1) is 7.03. The van der Waals surface area contributed by atoms with E-state index in [1.807, 2.05) is 44.2 Å². The van der Waals surface area contributed by atoms with Crippen LogP contribution in [-0.4, -0.2) is 11.7 Å². The van der Waals surface area contributed by atoms with E-state index < -0.39 is 11.7 Å². The van der Waals surface area contributed by atoms with Gasteiger partial charge in [0.15, 0.2) is 0 Å². The summed E-state index contributed by atoms with van der Waals surface area (Å²) in [6.45, 7) is 3.74. The van der Waals surface area contributed by atoms with E-state index in [4.69, 9.17) is 4.74 Å². The smallest absolute Gasteiger partial charge is 0.407 e. The Labute approximate surface area is 90.4 Å². The molecule has 1 aromatic carbocycles. The maximum absolute atomic E-state index is 11.0. The van der Waals surface area contributed by atoms with Crippen LogP contribution in [0.2, 0.25) is 0 Å². The largest absolute Gasteiger partial charge is 0.443 e. The summed E-state index contributed by atoms with van der Waals surface area (Å²) < 4.78 is 5.18. The van der Waals surface area contributed by atoms with E-state index in [-0.39, 0.29) is 0 Å². The van der Waals surface area contributed by atoms with E-state index in [0.717, 1.165) is 5.56 Å². The zero-order chi connectivity index (χ0) is 11.3. The minimum atomic E-state index is -0.525. The van der Waals surface area contributed by atoms with E-state index in [1.165, 1.54) is 0 Å². The summed E-state index contributed by atoms with van der Waals surface area (Å²) in [6, 6.07) is 9.90. The molecule has 0 heterocycles. The number of ether oxygens (including phenoxy) is 1. The highest BCUT2D eigenvalue weighted by atomic mass is 16.6. The van der Waals surface area contributed by atoms with Crippen LogP contribution >= 0.6 is 0 Å². The minimum absolute atomic E-state index is 0.504. The molecule has 0 aromatic heterocycles. The van der Waals surface area contributed by atoms with Crippen LogP contribution in [-0.2, 0) is 11.2 Å². The third-order valence-corrected chi connectivity index (χ3v) is 1.99. The molecule has 0 spiro atoms. The second kappa shape index (κ2) is 4.82. The van der Waals surface area contributed by atoms with E-state index in [2.05, 4.69) is 12.4 Å². The van der Waals surface area contributed by atoms with Crippen LogP contribution in [0.3, 0.4) is 0 Å². The van der Waals surface area contributed by atoms with Crippen LogP contribution < -0.4 is 5.32 Å². The fourth-order valence-corrected chi connectivity index (χ4v) is 1.41. The molecule has 0 aliphatic rings. The van der Waals surface area contributed by atoms with Gasteiger partial charge < -0.3 is 10.1 Å². The average Bonchev–Trinajstić information content (AvgIpc) is 2.17. The molecule has 0 aliphatic heterocycles. The summed E-state index contributed by atoms with van der Waals surface area (Å²) in [6.07, 6.45) is 0.178. The molecular weight excluding hydrogens is 190 g/mol. The second-order valence-electron chi connectivity index (χ2n) is 3.99. The Morgan fingerprint density at radius 2 is 2.00 bits per heavy atom. The first kappa shape index (κ1) is 11.6. The van der Waals surface area contributed by atoms with Gasteiger partial charge in [0.2, 0.25) is 0 Å². The van der Waals surface area contributed by atoms with Crippen molar-refractivity contribution >= 4 is 6.09 Å². The first-order valence-corrected chi connectivity index (χ1v) is 4.83. The first-order valence-electron chi connectivity index (χ1n) is 4.83. The van der Waals surface area contributed by atoms with Crippen molar-refractivity contribution in [1.29, 1.82) is 0 Å². The SMILES string of the molecule is [CH2]NC(=O)OC(C)(C)Cc1ccccc1. The molecule has 1 radical (unpaired) electrons. The molecule has 0 saturated heterocycles. The van der Waals surface area contributed by atoms with Crippen LogP contribution in [0.4, 0.5) is 4.79 Å². The molecule has 3 heteroatoms. The highest BCUT2D eigenvalue weighted by molar-refractivity contribution is 5.67. The third kappa shape index (κ3) is 4.02. The molecule has 15 heavy (non-hydrogen) atoms. The van der Waals surface area contributed by atoms with Crippen LogP contribution in [0.1, 0.15) is 19.4 Å². The molecule has 1 amide bonds. The Morgan fingerprint density at radius 3 is 2.53 bits per heavy atom. The lowest BCUT2D eigenvalue weighted by Gasteiger charge is -2.24. The normalized spacial score (nSPS) is 10.9. The Morgan fingerprint density at radius 1 is 1.40 bits per heavy atom. The molecule has 81 valence electrons. The number of carbonyl (C=O) groups is 1. The van der Waals surface area contributed by atoms with Crippen molar-refractivity contribution < 1.29 is 9.53 Å². The molecular formula is C12H16NO2. The quantitative estimate of drug-likeness (QED) is 0.825. The van der Waals surface area contributed by atoms with Gasteiger partial charge in [-0.2, -0.15) is 0 Å². The summed E-state index contributed by atoms with van der Waals surface area (Å²) in [5, 5.41) is 2.20. The van der Waals surface area contributed by atoms with E-state index in [9.17, 15) is 4.79 Å². The average molecular weight is 206 g/mol. The lowest BCUT2D eigenvalue weighted by molar-refractivity contribution is 0.0415. The van der Waals surface area contributed by atoms with Crippen molar-refractivity contribution in [3.8, 4) is 0 Å². The number of rotatable bonds is 3. The van der Waals surface area contributed by atoms with Crippen LogP contribution in [0, 0.1) is 7.05 Å². The number of hydrogen-bond donors (Lipinski definition) is 1. The van der Waals surface area contributed by atoms with Crippen LogP contribution in [0.25, 0.3) is 0 Å². The lowest BCUT2D eigenvalue weighted by atomic mass is 9.98. The standard InChI is InChI=1S/C12H16NO2/c1-12(2,15-11(14)13-3)9-10-7-5-4-6-8-10/h4-8H,3,9H2,1-2H3,(H,13,14). The van der Waals surface area contributed by atoms with Crippen molar-refractivity contribution in [1.82, 2.24) is 5.32 Å². The van der Waals surface area contributed by atoms with Gasteiger partial charge in [0.25, 0.3) is 0 Å². The monoisotopic (exact) mass is 206 g/mol. The Balaban J connectivity index is 2.60. The molecule has 0 bridgehead atoms. The number of carbonyl (C=O) groups excluding carboxylic acids is 1. The predicted octanol–water partition coefficient (Wildman–Crippen LogP) is 2.53. The minimum Gasteiger partial charge on any atom is -0.443 e. The van der Waals surface area contributed by atoms with Crippen molar-refractivity contribution in [3.63, 3.8) is 0 Å². The van der Waals surface area contributed by atoms with Crippen molar-refractivity contribution in [2.45, 2.75) is 25.9 Å². The van der Waals surface area contributed by atoms with Gasteiger partial charge in [0, 0.05) is 13.5 Å². The molecule has 0 unspecified atom stereocenters. The van der Waals surface area contributed by atoms with Crippen LogP contribution in [0.5, 0.6) is 0 Å². The van der Waals surface area contributed by atoms with Gasteiger partial charge in [-0.05, 0) is 19.4 Å². The highest BCUT2D eigenvalue weighted by Gasteiger charge is 2.22.